The Hall–Kier alpha value is -2.54. The van der Waals surface area contributed by atoms with Crippen LogP contribution in [0.5, 0.6) is 0 Å². The van der Waals surface area contributed by atoms with Crippen LogP contribution in [-0.4, -0.2) is 42.2 Å². The molecule has 0 saturated heterocycles. The van der Waals surface area contributed by atoms with Crippen molar-refractivity contribution in [1.29, 1.82) is 0 Å². The van der Waals surface area contributed by atoms with Gasteiger partial charge in [-0.05, 0) is 74.1 Å². The minimum atomic E-state index is -4.50. The van der Waals surface area contributed by atoms with E-state index in [0.29, 0.717) is 25.5 Å². The van der Waals surface area contributed by atoms with E-state index in [1.54, 1.807) is 0 Å². The molecule has 36 heavy (non-hydrogen) atoms. The van der Waals surface area contributed by atoms with E-state index in [4.69, 9.17) is 16.2 Å². The lowest BCUT2D eigenvalue weighted by molar-refractivity contribution is -0.137. The van der Waals surface area contributed by atoms with Crippen LogP contribution in [0.25, 0.3) is 0 Å². The molecule has 0 bridgehead atoms. The molecule has 0 spiro atoms. The van der Waals surface area contributed by atoms with Crippen molar-refractivity contribution in [2.75, 3.05) is 6.26 Å². The van der Waals surface area contributed by atoms with Crippen LogP contribution in [-0.2, 0) is 16.3 Å². The summed E-state index contributed by atoms with van der Waals surface area (Å²) < 4.78 is 77.8. The Bertz CT molecular complexity index is 1150. The second kappa shape index (κ2) is 12.6. The van der Waals surface area contributed by atoms with Gasteiger partial charge in [-0.15, -0.1) is 0 Å². The zero-order chi connectivity index (χ0) is 27.1. The molecule has 13 heteroatoms. The van der Waals surface area contributed by atoms with Crippen molar-refractivity contribution in [2.24, 2.45) is 10.9 Å². The van der Waals surface area contributed by atoms with E-state index < -0.39 is 33.6 Å². The number of aliphatic hydroxyl groups is 1. The quantitative estimate of drug-likeness (QED) is 0.203. The molecule has 7 nitrogen and oxygen atoms in total. The highest BCUT2D eigenvalue weighted by atomic mass is 35.5. The molecule has 3 rings (SSSR count). The molecule has 1 fully saturated rings. The molecule has 198 valence electrons. The summed E-state index contributed by atoms with van der Waals surface area (Å²) in [5.41, 5.74) is -0.603. The van der Waals surface area contributed by atoms with Crippen LogP contribution in [0.1, 0.15) is 48.0 Å². The summed E-state index contributed by atoms with van der Waals surface area (Å²) in [4.78, 5) is 17.0. The number of halogens is 5. The summed E-state index contributed by atoms with van der Waals surface area (Å²) in [5, 5.41) is 12.5. The summed E-state index contributed by atoms with van der Waals surface area (Å²) in [7, 11) is -3.67. The molecule has 1 aliphatic rings. The first kappa shape index (κ1) is 29.7. The average Bonchev–Trinajstić information content (AvgIpc) is 2.73. The third kappa shape index (κ3) is 11.0. The zero-order valence-electron chi connectivity index (χ0n) is 19.1. The van der Waals surface area contributed by atoms with E-state index in [0.717, 1.165) is 43.2 Å². The fourth-order valence-electron chi connectivity index (χ4n) is 3.52. The van der Waals surface area contributed by atoms with Crippen molar-refractivity contribution in [2.45, 2.75) is 44.4 Å². The Labute approximate surface area is 210 Å². The van der Waals surface area contributed by atoms with Crippen molar-refractivity contribution in [1.82, 2.24) is 5.32 Å². The zero-order valence-corrected chi connectivity index (χ0v) is 20.7. The number of amidine groups is 1. The molecule has 1 aliphatic carbocycles. The number of carbonyl (C=O) groups excluding carboxylic acids is 1. The number of carbonyl (C=O) groups is 1. The van der Waals surface area contributed by atoms with Gasteiger partial charge in [0.05, 0.1) is 23.6 Å². The lowest BCUT2D eigenvalue weighted by atomic mass is 9.85. The molecular weight excluding hydrogens is 528 g/mol. The second-order valence-electron chi connectivity index (χ2n) is 8.33. The van der Waals surface area contributed by atoms with E-state index in [1.165, 1.54) is 12.1 Å². The fourth-order valence-corrected chi connectivity index (χ4v) is 3.74. The summed E-state index contributed by atoms with van der Waals surface area (Å²) in [6, 6.07) is 7.59. The van der Waals surface area contributed by atoms with Crippen LogP contribution in [0.2, 0.25) is 5.02 Å². The van der Waals surface area contributed by atoms with Crippen LogP contribution >= 0.6 is 11.6 Å². The number of alkyl halides is 3. The topological polar surface area (TPSA) is 116 Å². The maximum Gasteiger partial charge on any atom is 0.416 e. The Morgan fingerprint density at radius 2 is 1.67 bits per heavy atom. The molecule has 0 atom stereocenters. The highest BCUT2D eigenvalue weighted by molar-refractivity contribution is 7.85. The maximum absolute atomic E-state index is 13.7. The van der Waals surface area contributed by atoms with Gasteiger partial charge in [0, 0.05) is 17.0 Å². The number of aliphatic hydroxyl groups excluding tert-OH is 1. The van der Waals surface area contributed by atoms with Crippen LogP contribution in [0.15, 0.2) is 47.5 Å². The molecule has 1 saturated carbocycles. The van der Waals surface area contributed by atoms with Crippen LogP contribution in [0.4, 0.5) is 23.2 Å². The van der Waals surface area contributed by atoms with Gasteiger partial charge in [0.2, 0.25) is 0 Å². The van der Waals surface area contributed by atoms with E-state index >= 15 is 0 Å². The van der Waals surface area contributed by atoms with Crippen molar-refractivity contribution in [3.05, 3.63) is 64.4 Å². The number of nitrogens with zero attached hydrogens (tertiary/aromatic N) is 1. The number of hydrogen-bond donors (Lipinski definition) is 3. The number of aliphatic imine (C=N–C) groups is 1. The van der Waals surface area contributed by atoms with E-state index in [-0.39, 0.29) is 34.1 Å². The summed E-state index contributed by atoms with van der Waals surface area (Å²) >= 11 is 5.88. The molecule has 0 unspecified atom stereocenters. The van der Waals surface area contributed by atoms with Gasteiger partial charge in [0.15, 0.2) is 0 Å². The Morgan fingerprint density at radius 1 is 1.11 bits per heavy atom. The van der Waals surface area contributed by atoms with Gasteiger partial charge in [-0.2, -0.15) is 21.6 Å². The minimum Gasteiger partial charge on any atom is -0.393 e. The summed E-state index contributed by atoms with van der Waals surface area (Å²) in [6.07, 6.45) is -1.02. The van der Waals surface area contributed by atoms with Gasteiger partial charge in [0.25, 0.3) is 16.0 Å². The minimum absolute atomic E-state index is 0.0389. The normalized spacial score (nSPS) is 18.7. The highest BCUT2D eigenvalue weighted by Gasteiger charge is 2.30. The first-order chi connectivity index (χ1) is 16.6. The number of rotatable bonds is 4. The first-order valence-electron chi connectivity index (χ1n) is 10.7. The third-order valence-electron chi connectivity index (χ3n) is 5.14. The van der Waals surface area contributed by atoms with Crippen LogP contribution < -0.4 is 5.32 Å². The Morgan fingerprint density at radius 3 is 2.17 bits per heavy atom. The third-order valence-corrected chi connectivity index (χ3v) is 5.36. The van der Waals surface area contributed by atoms with Crippen molar-refractivity contribution in [3.63, 3.8) is 0 Å². The summed E-state index contributed by atoms with van der Waals surface area (Å²) in [6.45, 7) is 0. The number of amides is 1. The van der Waals surface area contributed by atoms with Crippen LogP contribution in [0.3, 0.4) is 0 Å². The van der Waals surface area contributed by atoms with Gasteiger partial charge in [-0.1, -0.05) is 11.6 Å². The lowest BCUT2D eigenvalue weighted by Gasteiger charge is -2.25. The Balaban J connectivity index is 0.000000830. The van der Waals surface area contributed by atoms with Gasteiger partial charge in [0.1, 0.15) is 11.7 Å². The predicted octanol–water partition coefficient (Wildman–Crippen LogP) is 5.40. The van der Waals surface area contributed by atoms with E-state index in [2.05, 4.69) is 10.3 Å². The SMILES string of the molecule is CS(=O)(=O)O.O=C(NC(CC1CCC(O)CC1)=Nc1cc(F)cc(Cl)c1)c1ccc(C(F)(F)F)cc1. The van der Waals surface area contributed by atoms with Crippen molar-refractivity contribution >= 4 is 39.1 Å². The standard InChI is InChI=1S/C22H21ClF4N2O2.CH4O3S/c23-16-10-17(24)12-18(11-16)28-20(9-13-1-7-19(30)8-2-13)29-21(31)14-3-5-15(6-4-14)22(25,26)27;1-5(2,3)4/h3-6,10-13,19,30H,1-2,7-9H2,(H,28,29,31);1H3,(H,2,3,4). The molecule has 3 N–H and O–H groups in total. The fraction of sp³-hybridized carbons (Fsp3) is 0.391. The largest absolute Gasteiger partial charge is 0.416 e. The predicted molar refractivity (Wildman–Crippen MR) is 127 cm³/mol. The monoisotopic (exact) mass is 552 g/mol. The summed E-state index contributed by atoms with van der Waals surface area (Å²) in [5.74, 6) is -0.793. The van der Waals surface area contributed by atoms with Crippen molar-refractivity contribution < 1.29 is 40.4 Å². The molecule has 0 radical (unpaired) electrons. The van der Waals surface area contributed by atoms with Crippen LogP contribution in [0, 0.1) is 11.7 Å². The number of benzene rings is 2. The second-order valence-corrected chi connectivity index (χ2v) is 10.2. The highest BCUT2D eigenvalue weighted by Crippen LogP contribution is 2.30. The van der Waals surface area contributed by atoms with Crippen molar-refractivity contribution in [3.8, 4) is 0 Å². The Kier molecular flexibility index (Phi) is 10.4. The molecule has 0 heterocycles. The number of hydrogen-bond acceptors (Lipinski definition) is 5. The average molecular weight is 553 g/mol. The number of nitrogens with one attached hydrogen (secondary N) is 1. The van der Waals surface area contributed by atoms with Gasteiger partial charge < -0.3 is 10.4 Å². The molecule has 2 aromatic rings. The molecule has 2 aromatic carbocycles. The molecular formula is C23H25ClF4N2O5S. The van der Waals surface area contributed by atoms with E-state index in [1.807, 2.05) is 0 Å². The molecule has 0 aromatic heterocycles. The smallest absolute Gasteiger partial charge is 0.393 e. The maximum atomic E-state index is 13.7. The van der Waals surface area contributed by atoms with E-state index in [9.17, 15) is 35.9 Å². The molecule has 1 amide bonds. The first-order valence-corrected chi connectivity index (χ1v) is 13.0. The molecule has 0 aliphatic heterocycles. The van der Waals surface area contributed by atoms with Gasteiger partial charge in [-0.25, -0.2) is 9.38 Å². The van der Waals surface area contributed by atoms with Gasteiger partial charge >= 0.3 is 6.18 Å². The lowest BCUT2D eigenvalue weighted by Crippen LogP contribution is -2.33. The van der Waals surface area contributed by atoms with Gasteiger partial charge in [-0.3, -0.25) is 9.35 Å².